The van der Waals surface area contributed by atoms with Gasteiger partial charge in [0.1, 0.15) is 17.4 Å². The second kappa shape index (κ2) is 3.90. The van der Waals surface area contributed by atoms with E-state index in [-0.39, 0.29) is 6.54 Å². The van der Waals surface area contributed by atoms with Gasteiger partial charge >= 0.3 is 5.97 Å². The van der Waals surface area contributed by atoms with E-state index < -0.39 is 17.7 Å². The van der Waals surface area contributed by atoms with Gasteiger partial charge in [0.15, 0.2) is 0 Å². The quantitative estimate of drug-likeness (QED) is 0.718. The number of fused-ring (bicyclic) bond motifs is 1. The smallest absolute Gasteiger partial charge is 0.313 e. The summed E-state index contributed by atoms with van der Waals surface area (Å²) in [5.74, 6) is -2.30. The number of nitrogens with one attached hydrogen (secondary N) is 1. The summed E-state index contributed by atoms with van der Waals surface area (Å²) >= 11 is 0. The molecule has 6 heteroatoms. The number of aromatic amines is 1. The summed E-state index contributed by atoms with van der Waals surface area (Å²) in [6.07, 6.45) is 1.07. The maximum absolute atomic E-state index is 12.9. The number of hydrogen-bond acceptors (Lipinski definition) is 3. The number of carboxylic acids is 1. The lowest BCUT2D eigenvalue weighted by atomic mass is 10.1. The lowest BCUT2D eigenvalue weighted by molar-refractivity contribution is -0.138. The van der Waals surface area contributed by atoms with Crippen LogP contribution in [0, 0.1) is 5.82 Å². The Kier molecular flexibility index (Phi) is 2.57. The van der Waals surface area contributed by atoms with Crippen LogP contribution < -0.4 is 5.73 Å². The predicted octanol–water partition coefficient (Wildman–Crippen LogP) is 0.829. The van der Waals surface area contributed by atoms with E-state index in [4.69, 9.17) is 10.8 Å². The number of H-pyrrole nitrogens is 1. The summed E-state index contributed by atoms with van der Waals surface area (Å²) in [6, 6.07) is 2.84. The van der Waals surface area contributed by atoms with Crippen molar-refractivity contribution >= 4 is 17.0 Å². The van der Waals surface area contributed by atoms with Crippen molar-refractivity contribution in [1.29, 1.82) is 0 Å². The molecule has 0 saturated heterocycles. The topological polar surface area (TPSA) is 92.0 Å². The molecule has 0 radical (unpaired) electrons. The van der Waals surface area contributed by atoms with Gasteiger partial charge in [0.2, 0.25) is 0 Å². The second-order valence-corrected chi connectivity index (χ2v) is 3.44. The van der Waals surface area contributed by atoms with Crippen LogP contribution in [0.25, 0.3) is 11.0 Å². The lowest BCUT2D eigenvalue weighted by Gasteiger charge is -2.05. The second-order valence-electron chi connectivity index (χ2n) is 3.44. The number of rotatable bonds is 3. The highest BCUT2D eigenvalue weighted by Crippen LogP contribution is 2.20. The molecule has 0 spiro atoms. The first-order valence-electron chi connectivity index (χ1n) is 4.69. The van der Waals surface area contributed by atoms with Crippen molar-refractivity contribution in [2.75, 3.05) is 6.54 Å². The molecule has 0 aliphatic heterocycles. The van der Waals surface area contributed by atoms with Crippen LogP contribution in [-0.2, 0) is 4.79 Å². The number of hydrogen-bond donors (Lipinski definition) is 3. The van der Waals surface area contributed by atoms with Crippen molar-refractivity contribution < 1.29 is 14.3 Å². The maximum Gasteiger partial charge on any atom is 0.313 e. The fourth-order valence-corrected chi connectivity index (χ4v) is 1.56. The molecule has 2 aromatic heterocycles. The summed E-state index contributed by atoms with van der Waals surface area (Å²) in [5.41, 5.74) is 6.25. The number of pyridine rings is 1. The molecule has 1 unspecified atom stereocenters. The molecular formula is C10H10FN3O2. The number of nitrogens with two attached hydrogens (primary N) is 1. The summed E-state index contributed by atoms with van der Waals surface area (Å²) in [7, 11) is 0. The highest BCUT2D eigenvalue weighted by atomic mass is 19.1. The van der Waals surface area contributed by atoms with Crippen molar-refractivity contribution in [3.8, 4) is 0 Å². The Morgan fingerprint density at radius 2 is 2.38 bits per heavy atom. The molecule has 0 aromatic carbocycles. The molecule has 2 rings (SSSR count). The fourth-order valence-electron chi connectivity index (χ4n) is 1.56. The number of nitrogens with zero attached hydrogens (tertiary/aromatic N) is 1. The Morgan fingerprint density at radius 1 is 1.62 bits per heavy atom. The molecule has 84 valence electrons. The van der Waals surface area contributed by atoms with Gasteiger partial charge in [-0.2, -0.15) is 0 Å². The Labute approximate surface area is 90.1 Å². The Morgan fingerprint density at radius 3 is 3.00 bits per heavy atom. The van der Waals surface area contributed by atoms with Gasteiger partial charge in [0.05, 0.1) is 6.20 Å². The van der Waals surface area contributed by atoms with Gasteiger partial charge in [-0.25, -0.2) is 9.37 Å². The predicted molar refractivity (Wildman–Crippen MR) is 55.5 cm³/mol. The molecule has 16 heavy (non-hydrogen) atoms. The third-order valence-electron chi connectivity index (χ3n) is 2.37. The average molecular weight is 223 g/mol. The van der Waals surface area contributed by atoms with Crippen LogP contribution in [0.15, 0.2) is 18.3 Å². The molecular weight excluding hydrogens is 213 g/mol. The van der Waals surface area contributed by atoms with Gasteiger partial charge in [0, 0.05) is 17.6 Å². The van der Waals surface area contributed by atoms with Crippen LogP contribution in [0.5, 0.6) is 0 Å². The number of aliphatic carboxylic acids is 1. The molecule has 0 amide bonds. The third-order valence-corrected chi connectivity index (χ3v) is 2.37. The van der Waals surface area contributed by atoms with Crippen LogP contribution in [0.3, 0.4) is 0 Å². The third kappa shape index (κ3) is 1.74. The lowest BCUT2D eigenvalue weighted by Crippen LogP contribution is -2.21. The molecule has 0 fully saturated rings. The van der Waals surface area contributed by atoms with Crippen molar-refractivity contribution in [3.05, 3.63) is 29.8 Å². The zero-order chi connectivity index (χ0) is 11.7. The minimum atomic E-state index is -1.02. The molecule has 1 atom stereocenters. The molecule has 2 heterocycles. The van der Waals surface area contributed by atoms with Crippen molar-refractivity contribution in [3.63, 3.8) is 0 Å². The molecule has 0 aliphatic carbocycles. The summed E-state index contributed by atoms with van der Waals surface area (Å²) < 4.78 is 12.9. The van der Waals surface area contributed by atoms with Crippen LogP contribution in [-0.4, -0.2) is 27.6 Å². The van der Waals surface area contributed by atoms with E-state index in [0.29, 0.717) is 16.7 Å². The highest BCUT2D eigenvalue weighted by molar-refractivity contribution is 5.81. The Balaban J connectivity index is 2.49. The van der Waals surface area contributed by atoms with Crippen LogP contribution in [0.2, 0.25) is 0 Å². The standard InChI is InChI=1S/C10H10FN3O2/c11-6-1-5-2-8(7(3-12)10(15)16)14-9(5)13-4-6/h1-2,4,7H,3,12H2,(H,13,14)(H,15,16). The number of carbonyl (C=O) groups is 1. The number of aromatic nitrogens is 2. The zero-order valence-corrected chi connectivity index (χ0v) is 8.27. The van der Waals surface area contributed by atoms with E-state index in [9.17, 15) is 9.18 Å². The average Bonchev–Trinajstić information content (AvgIpc) is 2.60. The van der Waals surface area contributed by atoms with Gasteiger partial charge in [-0.1, -0.05) is 0 Å². The first-order chi connectivity index (χ1) is 7.61. The molecule has 0 bridgehead atoms. The van der Waals surface area contributed by atoms with E-state index >= 15 is 0 Å². The van der Waals surface area contributed by atoms with Gasteiger partial charge in [0.25, 0.3) is 0 Å². The van der Waals surface area contributed by atoms with E-state index in [2.05, 4.69) is 9.97 Å². The minimum Gasteiger partial charge on any atom is -0.481 e. The van der Waals surface area contributed by atoms with Crippen LogP contribution in [0.4, 0.5) is 4.39 Å². The van der Waals surface area contributed by atoms with Crippen molar-refractivity contribution in [1.82, 2.24) is 9.97 Å². The van der Waals surface area contributed by atoms with E-state index in [1.807, 2.05) is 0 Å². The van der Waals surface area contributed by atoms with Crippen LogP contribution in [0.1, 0.15) is 11.6 Å². The first-order valence-corrected chi connectivity index (χ1v) is 4.69. The van der Waals surface area contributed by atoms with E-state index in [0.717, 1.165) is 6.20 Å². The Hall–Kier alpha value is -1.95. The van der Waals surface area contributed by atoms with Crippen molar-refractivity contribution in [2.45, 2.75) is 5.92 Å². The maximum atomic E-state index is 12.9. The van der Waals surface area contributed by atoms with E-state index in [1.165, 1.54) is 6.07 Å². The van der Waals surface area contributed by atoms with Gasteiger partial charge in [-0.05, 0) is 12.1 Å². The number of halogens is 1. The summed E-state index contributed by atoms with van der Waals surface area (Å²) in [6.45, 7) is -0.0232. The normalized spacial score (nSPS) is 12.9. The summed E-state index contributed by atoms with van der Waals surface area (Å²) in [5, 5.41) is 9.45. The minimum absolute atomic E-state index is 0.0232. The molecule has 2 aromatic rings. The van der Waals surface area contributed by atoms with E-state index in [1.54, 1.807) is 6.07 Å². The fraction of sp³-hybridized carbons (Fsp3) is 0.200. The molecule has 0 saturated carbocycles. The summed E-state index contributed by atoms with van der Waals surface area (Å²) in [4.78, 5) is 17.5. The van der Waals surface area contributed by atoms with Crippen LogP contribution >= 0.6 is 0 Å². The molecule has 5 nitrogen and oxygen atoms in total. The highest BCUT2D eigenvalue weighted by Gasteiger charge is 2.20. The zero-order valence-electron chi connectivity index (χ0n) is 8.27. The molecule has 0 aliphatic rings. The van der Waals surface area contributed by atoms with Gasteiger partial charge in [-0.15, -0.1) is 0 Å². The monoisotopic (exact) mass is 223 g/mol. The largest absolute Gasteiger partial charge is 0.481 e. The van der Waals surface area contributed by atoms with Gasteiger partial charge in [-0.3, -0.25) is 4.79 Å². The first kappa shape index (κ1) is 10.6. The number of carboxylic acid groups (broad SMARTS) is 1. The Bertz CT molecular complexity index is 538. The van der Waals surface area contributed by atoms with Gasteiger partial charge < -0.3 is 15.8 Å². The van der Waals surface area contributed by atoms with Crippen molar-refractivity contribution in [2.24, 2.45) is 5.73 Å². The SMILES string of the molecule is NCC(C(=O)O)c1cc2cc(F)cnc2[nH]1. The molecule has 4 N–H and O–H groups in total.